The quantitative estimate of drug-likeness (QED) is 0.371. The van der Waals surface area contributed by atoms with Crippen LogP contribution in [-0.2, 0) is 4.79 Å². The largest absolute Gasteiger partial charge is 0.306 e. The summed E-state index contributed by atoms with van der Waals surface area (Å²) in [5.74, 6) is -0.190. The first kappa shape index (κ1) is 7.49. The molecule has 0 atom stereocenters. The number of hydrogen-bond donors (Lipinski definition) is 2. The van der Waals surface area contributed by atoms with E-state index in [4.69, 9.17) is 5.41 Å². The minimum absolute atomic E-state index is 0.190. The molecule has 0 aliphatic heterocycles. The molecule has 0 aromatic heterocycles. The van der Waals surface area contributed by atoms with Gasteiger partial charge in [0.1, 0.15) is 0 Å². The molecule has 0 rings (SSSR count). The van der Waals surface area contributed by atoms with Gasteiger partial charge < -0.3 is 5.32 Å². The maximum absolute atomic E-state index is 10.1. The Balaban J connectivity index is 3.40. The van der Waals surface area contributed by atoms with E-state index in [0.29, 0.717) is 0 Å². The highest BCUT2D eigenvalue weighted by Gasteiger charge is 1.92. The Morgan fingerprint density at radius 3 is 2.38 bits per heavy atom. The third kappa shape index (κ3) is 3.67. The minimum atomic E-state index is -0.190. The van der Waals surface area contributed by atoms with E-state index < -0.39 is 0 Å². The smallest absolute Gasteiger partial charge is 0.222 e. The lowest BCUT2D eigenvalue weighted by Crippen LogP contribution is -2.23. The Kier molecular flexibility index (Phi) is 3.26. The lowest BCUT2D eigenvalue weighted by atomic mass is 10.7. The first-order valence-corrected chi connectivity index (χ1v) is 3.29. The van der Waals surface area contributed by atoms with E-state index in [1.165, 1.54) is 18.7 Å². The van der Waals surface area contributed by atoms with Gasteiger partial charge in [0.15, 0.2) is 5.17 Å². The molecule has 0 saturated heterocycles. The number of nitrogens with one attached hydrogen (secondary N) is 2. The van der Waals surface area contributed by atoms with Crippen LogP contribution in [-0.4, -0.2) is 17.3 Å². The molecule has 0 saturated carbocycles. The Morgan fingerprint density at radius 1 is 1.75 bits per heavy atom. The van der Waals surface area contributed by atoms with Crippen LogP contribution in [0.5, 0.6) is 0 Å². The summed E-state index contributed by atoms with van der Waals surface area (Å²) in [5, 5.41) is 9.39. The molecule has 2 N–H and O–H groups in total. The summed E-state index contributed by atoms with van der Waals surface area (Å²) in [6.45, 7) is 1.38. The van der Waals surface area contributed by atoms with E-state index in [0.717, 1.165) is 0 Å². The van der Waals surface area contributed by atoms with Gasteiger partial charge in [-0.05, 0) is 6.26 Å². The summed E-state index contributed by atoms with van der Waals surface area (Å²) in [6.07, 6.45) is 1.73. The van der Waals surface area contributed by atoms with Gasteiger partial charge in [-0.1, -0.05) is 11.8 Å². The van der Waals surface area contributed by atoms with Crippen LogP contribution >= 0.6 is 11.8 Å². The molecule has 1 amide bonds. The summed E-state index contributed by atoms with van der Waals surface area (Å²) in [6, 6.07) is 0. The van der Waals surface area contributed by atoms with Gasteiger partial charge in [-0.15, -0.1) is 0 Å². The van der Waals surface area contributed by atoms with Gasteiger partial charge in [-0.2, -0.15) is 0 Å². The van der Waals surface area contributed by atoms with Gasteiger partial charge in [-0.25, -0.2) is 0 Å². The number of rotatable bonds is 0. The molecule has 4 heteroatoms. The first-order chi connectivity index (χ1) is 3.66. The van der Waals surface area contributed by atoms with Crippen LogP contribution < -0.4 is 5.32 Å². The molecule has 0 heterocycles. The number of amidine groups is 1. The van der Waals surface area contributed by atoms with Gasteiger partial charge in [0.05, 0.1) is 0 Å². The molecule has 0 bridgehead atoms. The molecule has 0 unspecified atom stereocenters. The predicted octanol–water partition coefficient (Wildman–Crippen LogP) is 0.420. The predicted molar refractivity (Wildman–Crippen MR) is 35.1 cm³/mol. The summed E-state index contributed by atoms with van der Waals surface area (Å²) in [4.78, 5) is 10.1. The zero-order valence-electron chi connectivity index (χ0n) is 4.82. The monoisotopic (exact) mass is 132 g/mol. The standard InChI is InChI=1S/C4H8N2OS/c1-3(7)6-4(5)8-2/h1-2H3,(H2,5,6,7). The number of carbonyl (C=O) groups is 1. The molecule has 0 aliphatic rings. The van der Waals surface area contributed by atoms with Crippen molar-refractivity contribution in [1.29, 1.82) is 5.41 Å². The van der Waals surface area contributed by atoms with Crippen LogP contribution in [0.2, 0.25) is 0 Å². The number of carbonyl (C=O) groups excluding carboxylic acids is 1. The van der Waals surface area contributed by atoms with E-state index in [1.807, 2.05) is 0 Å². The average Bonchev–Trinajstić information content (AvgIpc) is 1.65. The van der Waals surface area contributed by atoms with Crippen LogP contribution in [0.1, 0.15) is 6.92 Å². The second kappa shape index (κ2) is 3.49. The SMILES string of the molecule is CSC(=N)NC(C)=O. The summed E-state index contributed by atoms with van der Waals surface area (Å²) in [5.41, 5.74) is 0. The lowest BCUT2D eigenvalue weighted by molar-refractivity contribution is -0.117. The molecule has 3 nitrogen and oxygen atoms in total. The van der Waals surface area contributed by atoms with E-state index >= 15 is 0 Å². The van der Waals surface area contributed by atoms with E-state index in [2.05, 4.69) is 5.32 Å². The topological polar surface area (TPSA) is 53.0 Å². The normalized spacial score (nSPS) is 8.25. The van der Waals surface area contributed by atoms with Crippen molar-refractivity contribution in [3.05, 3.63) is 0 Å². The van der Waals surface area contributed by atoms with E-state index in [1.54, 1.807) is 6.26 Å². The van der Waals surface area contributed by atoms with Crippen molar-refractivity contribution < 1.29 is 4.79 Å². The Hall–Kier alpha value is -0.510. The Labute approximate surface area is 52.4 Å². The maximum Gasteiger partial charge on any atom is 0.222 e. The first-order valence-electron chi connectivity index (χ1n) is 2.07. The van der Waals surface area contributed by atoms with Gasteiger partial charge in [0.2, 0.25) is 5.91 Å². The van der Waals surface area contributed by atoms with E-state index in [-0.39, 0.29) is 11.1 Å². The zero-order chi connectivity index (χ0) is 6.57. The molecular formula is C4H8N2OS. The van der Waals surface area contributed by atoms with Crippen LogP contribution in [0.4, 0.5) is 0 Å². The van der Waals surface area contributed by atoms with Crippen molar-refractivity contribution >= 4 is 22.8 Å². The maximum atomic E-state index is 10.1. The number of thioether (sulfide) groups is 1. The molecule has 0 aliphatic carbocycles. The van der Waals surface area contributed by atoms with Crippen LogP contribution in [0.3, 0.4) is 0 Å². The minimum Gasteiger partial charge on any atom is -0.306 e. The Morgan fingerprint density at radius 2 is 2.25 bits per heavy atom. The molecule has 0 fully saturated rings. The lowest BCUT2D eigenvalue weighted by Gasteiger charge is -1.96. The van der Waals surface area contributed by atoms with Crippen molar-refractivity contribution in [3.8, 4) is 0 Å². The Bertz CT molecular complexity index is 113. The highest BCUT2D eigenvalue weighted by Crippen LogP contribution is 1.88. The second-order valence-corrected chi connectivity index (χ2v) is 2.03. The third-order valence-electron chi connectivity index (χ3n) is 0.494. The summed E-state index contributed by atoms with van der Waals surface area (Å²) < 4.78 is 0. The molecule has 0 aromatic rings. The molecule has 0 radical (unpaired) electrons. The third-order valence-corrected chi connectivity index (χ3v) is 1.00. The van der Waals surface area contributed by atoms with Crippen LogP contribution in [0.15, 0.2) is 0 Å². The molecule has 8 heavy (non-hydrogen) atoms. The summed E-state index contributed by atoms with van der Waals surface area (Å²) in [7, 11) is 0. The zero-order valence-corrected chi connectivity index (χ0v) is 5.63. The molecule has 0 spiro atoms. The van der Waals surface area contributed by atoms with E-state index in [9.17, 15) is 4.79 Å². The highest BCUT2D eigenvalue weighted by atomic mass is 32.2. The van der Waals surface area contributed by atoms with Gasteiger partial charge >= 0.3 is 0 Å². The fourth-order valence-electron chi connectivity index (χ4n) is 0.211. The fourth-order valence-corrected chi connectivity index (χ4v) is 0.457. The molecule has 0 aromatic carbocycles. The van der Waals surface area contributed by atoms with Crippen molar-refractivity contribution in [3.63, 3.8) is 0 Å². The number of amides is 1. The molecular weight excluding hydrogens is 124 g/mol. The average molecular weight is 132 g/mol. The summed E-state index contributed by atoms with van der Waals surface area (Å²) >= 11 is 1.20. The van der Waals surface area contributed by atoms with Crippen molar-refractivity contribution in [2.45, 2.75) is 6.92 Å². The van der Waals surface area contributed by atoms with Crippen LogP contribution in [0, 0.1) is 5.41 Å². The second-order valence-electron chi connectivity index (χ2n) is 1.21. The number of hydrogen-bond acceptors (Lipinski definition) is 3. The van der Waals surface area contributed by atoms with Gasteiger partial charge in [-0.3, -0.25) is 10.2 Å². The molecule has 46 valence electrons. The van der Waals surface area contributed by atoms with Crippen molar-refractivity contribution in [1.82, 2.24) is 5.32 Å². The highest BCUT2D eigenvalue weighted by molar-refractivity contribution is 8.13. The fraction of sp³-hybridized carbons (Fsp3) is 0.500. The van der Waals surface area contributed by atoms with Gasteiger partial charge in [0.25, 0.3) is 0 Å². The van der Waals surface area contributed by atoms with Gasteiger partial charge in [0, 0.05) is 6.92 Å². The van der Waals surface area contributed by atoms with Crippen molar-refractivity contribution in [2.24, 2.45) is 0 Å². The van der Waals surface area contributed by atoms with Crippen molar-refractivity contribution in [2.75, 3.05) is 6.26 Å². The van der Waals surface area contributed by atoms with Crippen LogP contribution in [0.25, 0.3) is 0 Å².